The Labute approximate surface area is 174 Å². The van der Waals surface area contributed by atoms with Crippen molar-refractivity contribution in [1.82, 2.24) is 15.3 Å². The van der Waals surface area contributed by atoms with Crippen molar-refractivity contribution < 1.29 is 14.3 Å². The summed E-state index contributed by atoms with van der Waals surface area (Å²) in [6.45, 7) is 9.70. The van der Waals surface area contributed by atoms with Gasteiger partial charge in [0, 0.05) is 54.1 Å². The summed E-state index contributed by atoms with van der Waals surface area (Å²) in [6.07, 6.45) is 1.79. The lowest BCUT2D eigenvalue weighted by Gasteiger charge is -2.28. The number of anilines is 1. The first-order valence-electron chi connectivity index (χ1n) is 9.07. The minimum Gasteiger partial charge on any atom is -0.491 e. The number of nitrogens with zero attached hydrogens (tertiary/aromatic N) is 2. The third kappa shape index (κ3) is 8.10. The molecule has 2 N–H and O–H groups in total. The zero-order valence-corrected chi connectivity index (χ0v) is 18.2. The molecule has 28 heavy (non-hydrogen) atoms. The molecule has 0 unspecified atom stereocenters. The number of halogens is 1. The molecule has 9 heteroatoms. The SMILES string of the molecule is CC(=O)Nc1ncc(CCl)s1.Cc1cc(OC[C@@H]2CN[C@@H](C)CO2)cc(C)n1. The molecule has 1 aliphatic heterocycles. The topological polar surface area (TPSA) is 85.4 Å². The number of aromatic nitrogens is 2. The maximum absolute atomic E-state index is 10.5. The van der Waals surface area contributed by atoms with Crippen LogP contribution in [0.4, 0.5) is 5.13 Å². The number of pyridine rings is 1. The van der Waals surface area contributed by atoms with E-state index in [1.165, 1.54) is 18.3 Å². The van der Waals surface area contributed by atoms with Crippen molar-refractivity contribution in [1.29, 1.82) is 0 Å². The second-order valence-corrected chi connectivity index (χ2v) is 7.99. The van der Waals surface area contributed by atoms with E-state index in [4.69, 9.17) is 21.1 Å². The maximum Gasteiger partial charge on any atom is 0.223 e. The van der Waals surface area contributed by atoms with Gasteiger partial charge in [0.15, 0.2) is 5.13 Å². The van der Waals surface area contributed by atoms with Crippen LogP contribution >= 0.6 is 22.9 Å². The molecule has 0 spiro atoms. The molecule has 1 amide bonds. The number of rotatable bonds is 5. The van der Waals surface area contributed by atoms with Gasteiger partial charge in [-0.2, -0.15) is 0 Å². The van der Waals surface area contributed by atoms with Crippen LogP contribution in [0.1, 0.15) is 30.1 Å². The van der Waals surface area contributed by atoms with Gasteiger partial charge in [-0.25, -0.2) is 4.98 Å². The smallest absolute Gasteiger partial charge is 0.223 e. The van der Waals surface area contributed by atoms with Gasteiger partial charge >= 0.3 is 0 Å². The number of amides is 1. The third-order valence-electron chi connectivity index (χ3n) is 3.74. The van der Waals surface area contributed by atoms with Crippen LogP contribution < -0.4 is 15.4 Å². The number of hydrogen-bond donors (Lipinski definition) is 2. The van der Waals surface area contributed by atoms with Gasteiger partial charge in [0.2, 0.25) is 5.91 Å². The minimum absolute atomic E-state index is 0.111. The summed E-state index contributed by atoms with van der Waals surface area (Å²) in [5.74, 6) is 1.20. The highest BCUT2D eigenvalue weighted by Gasteiger charge is 2.18. The highest BCUT2D eigenvalue weighted by Crippen LogP contribution is 2.19. The van der Waals surface area contributed by atoms with E-state index < -0.39 is 0 Å². The largest absolute Gasteiger partial charge is 0.491 e. The van der Waals surface area contributed by atoms with E-state index in [0.29, 0.717) is 23.7 Å². The van der Waals surface area contributed by atoms with Crippen LogP contribution in [0, 0.1) is 13.8 Å². The first-order valence-corrected chi connectivity index (χ1v) is 10.4. The van der Waals surface area contributed by atoms with Crippen LogP contribution in [-0.2, 0) is 15.4 Å². The maximum atomic E-state index is 10.5. The van der Waals surface area contributed by atoms with Crippen LogP contribution in [-0.4, -0.2) is 47.8 Å². The summed E-state index contributed by atoms with van der Waals surface area (Å²) < 4.78 is 11.4. The normalized spacial score (nSPS) is 18.8. The fourth-order valence-electron chi connectivity index (χ4n) is 2.48. The van der Waals surface area contributed by atoms with E-state index in [9.17, 15) is 4.79 Å². The van der Waals surface area contributed by atoms with Crippen LogP contribution in [0.3, 0.4) is 0 Å². The van der Waals surface area contributed by atoms with E-state index in [-0.39, 0.29) is 12.0 Å². The molecule has 0 radical (unpaired) electrons. The lowest BCUT2D eigenvalue weighted by Crippen LogP contribution is -2.46. The highest BCUT2D eigenvalue weighted by molar-refractivity contribution is 7.15. The summed E-state index contributed by atoms with van der Waals surface area (Å²) in [4.78, 5) is 19.7. The Bertz CT molecular complexity index is 743. The first-order chi connectivity index (χ1) is 13.4. The van der Waals surface area contributed by atoms with Gasteiger partial charge in [0.25, 0.3) is 0 Å². The Morgan fingerprint density at radius 1 is 1.43 bits per heavy atom. The molecule has 1 saturated heterocycles. The molecular weight excluding hydrogens is 400 g/mol. The van der Waals surface area contributed by atoms with Crippen molar-refractivity contribution in [3.63, 3.8) is 0 Å². The lowest BCUT2D eigenvalue weighted by molar-refractivity contribution is -0.114. The van der Waals surface area contributed by atoms with Crippen molar-refractivity contribution in [3.8, 4) is 5.75 Å². The van der Waals surface area contributed by atoms with Crippen LogP contribution in [0.2, 0.25) is 0 Å². The van der Waals surface area contributed by atoms with Gasteiger partial charge in [-0.3, -0.25) is 9.78 Å². The first kappa shape index (κ1) is 22.5. The lowest BCUT2D eigenvalue weighted by atomic mass is 10.2. The second-order valence-electron chi connectivity index (χ2n) is 6.61. The van der Waals surface area contributed by atoms with Crippen LogP contribution in [0.15, 0.2) is 18.3 Å². The number of hydrogen-bond acceptors (Lipinski definition) is 7. The number of carbonyl (C=O) groups excluding carboxylic acids is 1. The monoisotopic (exact) mass is 426 g/mol. The van der Waals surface area contributed by atoms with Gasteiger partial charge in [-0.1, -0.05) is 0 Å². The molecule has 7 nitrogen and oxygen atoms in total. The summed E-state index contributed by atoms with van der Waals surface area (Å²) in [6, 6.07) is 4.34. The molecule has 0 aliphatic carbocycles. The molecule has 2 aromatic rings. The van der Waals surface area contributed by atoms with Gasteiger partial charge < -0.3 is 20.1 Å². The molecule has 2 atom stereocenters. The molecule has 0 aromatic carbocycles. The fraction of sp³-hybridized carbons (Fsp3) is 0.526. The van der Waals surface area contributed by atoms with E-state index in [1.807, 2.05) is 26.0 Å². The van der Waals surface area contributed by atoms with Gasteiger partial charge in [0.05, 0.1) is 12.5 Å². The average molecular weight is 427 g/mol. The van der Waals surface area contributed by atoms with Crippen molar-refractivity contribution >= 4 is 34.0 Å². The standard InChI is InChI=1S/C13H20N2O2.C6H7ClN2OS/c1-9-4-12(5-10(2)15-9)17-8-13-6-14-11(3)7-16-13;1-4(10)9-6-8-3-5(2-7)11-6/h4-5,11,13-14H,6-8H2,1-3H3;3H,2H2,1H3,(H,8,9,10)/t11-,13-;/m0./s1. The Morgan fingerprint density at radius 3 is 2.68 bits per heavy atom. The summed E-state index contributed by atoms with van der Waals surface area (Å²) in [5.41, 5.74) is 1.97. The molecular formula is C19H27ClN4O3S. The molecule has 0 saturated carbocycles. The Morgan fingerprint density at radius 2 is 2.14 bits per heavy atom. The predicted molar refractivity (Wildman–Crippen MR) is 112 cm³/mol. The van der Waals surface area contributed by atoms with E-state index in [2.05, 4.69) is 27.5 Å². The van der Waals surface area contributed by atoms with Crippen molar-refractivity contribution in [2.45, 2.75) is 45.7 Å². The van der Waals surface area contributed by atoms with Crippen LogP contribution in [0.25, 0.3) is 0 Å². The third-order valence-corrected chi connectivity index (χ3v) is 5.09. The molecule has 154 valence electrons. The van der Waals surface area contributed by atoms with Crippen molar-refractivity contribution in [3.05, 3.63) is 34.6 Å². The number of carbonyl (C=O) groups is 1. The molecule has 0 bridgehead atoms. The number of alkyl halides is 1. The number of ether oxygens (including phenoxy) is 2. The molecule has 2 aromatic heterocycles. The average Bonchev–Trinajstić information content (AvgIpc) is 3.08. The number of thiazole rings is 1. The summed E-state index contributed by atoms with van der Waals surface area (Å²) in [5, 5.41) is 6.55. The number of morpholine rings is 1. The zero-order chi connectivity index (χ0) is 20.5. The Kier molecular flexibility index (Phi) is 9.11. The zero-order valence-electron chi connectivity index (χ0n) is 16.6. The van der Waals surface area contributed by atoms with Gasteiger partial charge in [-0.15, -0.1) is 22.9 Å². The summed E-state index contributed by atoms with van der Waals surface area (Å²) in [7, 11) is 0. The van der Waals surface area contributed by atoms with Gasteiger partial charge in [0.1, 0.15) is 18.5 Å². The van der Waals surface area contributed by atoms with Crippen molar-refractivity contribution in [2.24, 2.45) is 0 Å². The predicted octanol–water partition coefficient (Wildman–Crippen LogP) is 3.29. The fourth-order valence-corrected chi connectivity index (χ4v) is 3.43. The Balaban J connectivity index is 0.000000221. The minimum atomic E-state index is -0.111. The van der Waals surface area contributed by atoms with E-state index >= 15 is 0 Å². The molecule has 1 fully saturated rings. The van der Waals surface area contributed by atoms with E-state index in [1.54, 1.807) is 6.20 Å². The molecule has 1 aliphatic rings. The van der Waals surface area contributed by atoms with Crippen LogP contribution in [0.5, 0.6) is 5.75 Å². The second kappa shape index (κ2) is 11.3. The quantitative estimate of drug-likeness (QED) is 0.713. The molecule has 3 rings (SSSR count). The Hall–Kier alpha value is -1.74. The molecule has 3 heterocycles. The highest BCUT2D eigenvalue weighted by atomic mass is 35.5. The number of nitrogens with one attached hydrogen (secondary N) is 2. The number of aryl methyl sites for hydroxylation is 2. The van der Waals surface area contributed by atoms with Gasteiger partial charge in [-0.05, 0) is 20.8 Å². The van der Waals surface area contributed by atoms with E-state index in [0.717, 1.165) is 35.2 Å². The summed E-state index contributed by atoms with van der Waals surface area (Å²) >= 11 is 6.92. The van der Waals surface area contributed by atoms with Crippen molar-refractivity contribution in [2.75, 3.05) is 25.1 Å².